The molecule has 0 aliphatic carbocycles. The van der Waals surface area contributed by atoms with Gasteiger partial charge in [-0.2, -0.15) is 4.98 Å². The molecule has 6 rings (SSSR count). The molecule has 3 aliphatic rings. The van der Waals surface area contributed by atoms with Gasteiger partial charge in [-0.25, -0.2) is 14.4 Å². The first-order valence-electron chi connectivity index (χ1n) is 20.4. The van der Waals surface area contributed by atoms with Gasteiger partial charge < -0.3 is 54.5 Å². The van der Waals surface area contributed by atoms with Gasteiger partial charge in [0.1, 0.15) is 24.1 Å². The molecule has 24 nitrogen and oxygen atoms in total. The fourth-order valence-electron chi connectivity index (χ4n) is 6.94. The summed E-state index contributed by atoms with van der Waals surface area (Å²) >= 11 is 0. The number of rotatable bonds is 8. The molecular weight excluding hydrogens is 850 g/mol. The number of hydrogen-bond donors (Lipinski definition) is 7. The molecule has 0 spiro atoms. The number of carbonyl (C=O) groups excluding carboxylic acids is 3. The molecule has 3 aromatic rings. The van der Waals surface area contributed by atoms with Gasteiger partial charge in [-0.1, -0.05) is 27.7 Å². The molecule has 8 N–H and O–H groups in total. The predicted molar refractivity (Wildman–Crippen MR) is 223 cm³/mol. The van der Waals surface area contributed by atoms with Crippen molar-refractivity contribution in [1.29, 1.82) is 0 Å². The van der Waals surface area contributed by atoms with Gasteiger partial charge in [-0.15, -0.1) is 0 Å². The molecule has 0 saturated carbocycles. The Hall–Kier alpha value is -5.79. The van der Waals surface area contributed by atoms with E-state index >= 15 is 0 Å². The molecule has 4 unspecified atom stereocenters. The molecule has 3 saturated heterocycles. The van der Waals surface area contributed by atoms with Crippen LogP contribution >= 0.6 is 0 Å². The van der Waals surface area contributed by atoms with Crippen molar-refractivity contribution in [2.45, 2.75) is 144 Å². The van der Waals surface area contributed by atoms with Crippen LogP contribution in [0.2, 0.25) is 0 Å². The first-order chi connectivity index (χ1) is 29.9. The van der Waals surface area contributed by atoms with Crippen molar-refractivity contribution in [1.82, 2.24) is 29.1 Å². The number of aliphatic hydroxyl groups is 3. The molecule has 0 amide bonds. The van der Waals surface area contributed by atoms with E-state index in [1.807, 2.05) is 27.7 Å². The predicted octanol–water partition coefficient (Wildman–Crippen LogP) is -0.911. The van der Waals surface area contributed by atoms with E-state index in [9.17, 15) is 48.6 Å². The fourth-order valence-corrected chi connectivity index (χ4v) is 6.94. The Balaban J connectivity index is 0.000000235. The lowest BCUT2D eigenvalue weighted by Gasteiger charge is -2.22. The smallest absolute Gasteiger partial charge is 0.351 e. The summed E-state index contributed by atoms with van der Waals surface area (Å²) in [6, 6.07) is 0. The minimum atomic E-state index is -1.32. The number of hydrogen-bond acceptors (Lipinski definition) is 19. The van der Waals surface area contributed by atoms with E-state index in [-0.39, 0.29) is 35.4 Å². The fraction of sp³-hybridized carbons (Fsp3) is 0.625. The summed E-state index contributed by atoms with van der Waals surface area (Å²) in [6.45, 7) is 16.2. The summed E-state index contributed by atoms with van der Waals surface area (Å²) in [4.78, 5) is 99.4. The molecular formula is C40H59N7O17. The van der Waals surface area contributed by atoms with Gasteiger partial charge in [0.25, 0.3) is 11.1 Å². The second-order valence-electron chi connectivity index (χ2n) is 15.4. The van der Waals surface area contributed by atoms with Crippen LogP contribution in [0.5, 0.6) is 0 Å². The number of aliphatic hydroxyl groups excluding tert-OH is 3. The zero-order chi connectivity index (χ0) is 48.3. The van der Waals surface area contributed by atoms with Crippen LogP contribution in [0.3, 0.4) is 0 Å². The third kappa shape index (κ3) is 13.4. The SMILES string of the molecule is CC[C@H]1OC(OC(C)=O)C(OC(C)=O)[C@H]1C.CC[C@H]1O[C@@H](n2cc(C)c(=O)[nH]c2=O)C(OC(C)=O)[C@H]1C.Cc1c[nH]c(=O)[nH]c1=O.Cc1cn([C@@H]2O[C@H](CO)[C@H](O)C2O)c(=O)nc1N. The lowest BCUT2D eigenvalue weighted by atomic mass is 9.98. The highest BCUT2D eigenvalue weighted by Gasteiger charge is 2.47. The Morgan fingerprint density at radius 2 is 1.23 bits per heavy atom. The molecule has 0 aromatic carbocycles. The number of ether oxygens (including phenoxy) is 6. The van der Waals surface area contributed by atoms with Crippen molar-refractivity contribution < 1.29 is 58.1 Å². The van der Waals surface area contributed by atoms with E-state index in [4.69, 9.17) is 39.3 Å². The molecule has 12 atom stereocenters. The van der Waals surface area contributed by atoms with Crippen LogP contribution in [0.4, 0.5) is 5.82 Å². The number of anilines is 1. The van der Waals surface area contributed by atoms with Crippen LogP contribution in [0, 0.1) is 32.6 Å². The number of nitrogens with two attached hydrogens (primary N) is 1. The maximum Gasteiger partial charge on any atom is 0.351 e. The zero-order valence-corrected chi connectivity index (χ0v) is 37.3. The number of nitrogen functional groups attached to an aromatic ring is 1. The van der Waals surface area contributed by atoms with E-state index in [0.717, 1.165) is 17.4 Å². The molecule has 6 heterocycles. The minimum absolute atomic E-state index is 0.0262. The highest BCUT2D eigenvalue weighted by atomic mass is 16.7. The number of carbonyl (C=O) groups is 3. The summed E-state index contributed by atoms with van der Waals surface area (Å²) < 4.78 is 34.4. The number of H-pyrrole nitrogens is 3. The zero-order valence-electron chi connectivity index (χ0n) is 37.3. The summed E-state index contributed by atoms with van der Waals surface area (Å²) in [7, 11) is 0. The van der Waals surface area contributed by atoms with E-state index in [2.05, 4.69) is 19.9 Å². The van der Waals surface area contributed by atoms with Crippen LogP contribution in [0.25, 0.3) is 0 Å². The number of aryl methyl sites for hydroxylation is 3. The average molecular weight is 910 g/mol. The highest BCUT2D eigenvalue weighted by molar-refractivity contribution is 5.67. The van der Waals surface area contributed by atoms with Crippen LogP contribution in [0.15, 0.2) is 42.6 Å². The second-order valence-corrected chi connectivity index (χ2v) is 15.4. The Morgan fingerprint density at radius 3 is 1.75 bits per heavy atom. The van der Waals surface area contributed by atoms with Crippen molar-refractivity contribution in [3.63, 3.8) is 0 Å². The Labute approximate surface area is 365 Å². The highest BCUT2D eigenvalue weighted by Crippen LogP contribution is 2.37. The van der Waals surface area contributed by atoms with Crippen molar-refractivity contribution in [2.75, 3.05) is 12.3 Å². The number of aromatic amines is 3. The first-order valence-corrected chi connectivity index (χ1v) is 20.4. The Morgan fingerprint density at radius 1 is 0.719 bits per heavy atom. The van der Waals surface area contributed by atoms with Gasteiger partial charge in [0.05, 0.1) is 18.8 Å². The van der Waals surface area contributed by atoms with Gasteiger partial charge in [0.15, 0.2) is 24.7 Å². The van der Waals surface area contributed by atoms with Gasteiger partial charge in [0.2, 0.25) is 6.29 Å². The quantitative estimate of drug-likeness (QED) is 0.106. The van der Waals surface area contributed by atoms with Crippen LogP contribution < -0.4 is 33.9 Å². The van der Waals surface area contributed by atoms with Crippen molar-refractivity contribution in [3.8, 4) is 0 Å². The van der Waals surface area contributed by atoms with E-state index < -0.39 is 96.4 Å². The lowest BCUT2D eigenvalue weighted by molar-refractivity contribution is -0.194. The maximum absolute atomic E-state index is 12.0. The number of nitrogens with zero attached hydrogens (tertiary/aromatic N) is 3. The number of aromatic nitrogens is 6. The van der Waals surface area contributed by atoms with E-state index in [1.165, 1.54) is 43.9 Å². The molecule has 356 valence electrons. The van der Waals surface area contributed by atoms with Gasteiger partial charge in [-0.05, 0) is 33.6 Å². The Kier molecular flexibility index (Phi) is 19.1. The minimum Gasteiger partial charge on any atom is -0.457 e. The molecule has 3 aromatic heterocycles. The average Bonchev–Trinajstić information content (AvgIpc) is 3.80. The third-order valence-corrected chi connectivity index (χ3v) is 10.5. The maximum atomic E-state index is 12.0. The van der Waals surface area contributed by atoms with Crippen LogP contribution in [-0.4, -0.2) is 118 Å². The van der Waals surface area contributed by atoms with Crippen molar-refractivity contribution in [3.05, 3.63) is 87.4 Å². The largest absolute Gasteiger partial charge is 0.457 e. The monoisotopic (exact) mass is 909 g/mol. The molecule has 3 fully saturated rings. The summed E-state index contributed by atoms with van der Waals surface area (Å²) in [6.07, 6.45) is -1.59. The summed E-state index contributed by atoms with van der Waals surface area (Å²) in [5.74, 6) is -1.17. The van der Waals surface area contributed by atoms with E-state index in [0.29, 0.717) is 16.7 Å². The van der Waals surface area contributed by atoms with Gasteiger partial charge >= 0.3 is 35.0 Å². The standard InChI is InChI=1S/C14H20N2O5.C11H18O5.C10H15N3O5.C5H6N2O2/c1-5-10-8(3)11(20-9(4)17)13(21-10)16-6-7(2)12(18)15-14(16)19;1-5-9-6(2)10(14-7(3)12)11(16-9)15-8(4)13;1-4-2-13(10(17)12-8(4)11)9-7(16)6(15)5(3-14)18-9;1-3-2-6-5(9)7-4(3)8/h6,8,10-11,13H,5H2,1-4H3,(H,15,18,19);6,9-11H,5H2,1-4H3;2,5-7,9,14-16H,3H2,1H3,(H2,11,12,17);2H,1H3,(H2,6,7,8,9)/t8-,10+,11?,13+;6-,9+,10?,11?;5-,6+,7?,9-;/m001./s1. The molecule has 3 aliphatic heterocycles. The molecule has 0 bridgehead atoms. The van der Waals surface area contributed by atoms with Crippen LogP contribution in [-0.2, 0) is 42.8 Å². The lowest BCUT2D eigenvalue weighted by Crippen LogP contribution is -2.38. The second kappa shape index (κ2) is 23.2. The van der Waals surface area contributed by atoms with E-state index in [1.54, 1.807) is 20.8 Å². The van der Waals surface area contributed by atoms with Gasteiger partial charge in [-0.3, -0.25) is 43.1 Å². The normalized spacial score (nSPS) is 28.0. The number of esters is 3. The summed E-state index contributed by atoms with van der Waals surface area (Å²) in [5.41, 5.74) is 4.45. The first kappa shape index (κ1) is 52.6. The van der Waals surface area contributed by atoms with Crippen molar-refractivity contribution in [2.24, 2.45) is 11.8 Å². The van der Waals surface area contributed by atoms with Crippen molar-refractivity contribution >= 4 is 23.7 Å². The van der Waals surface area contributed by atoms with Crippen LogP contribution in [0.1, 0.15) is 90.5 Å². The number of nitrogens with one attached hydrogen (secondary N) is 3. The molecule has 24 heteroatoms. The third-order valence-electron chi connectivity index (χ3n) is 10.5. The topological polar surface area (TPSA) is 349 Å². The van der Waals surface area contributed by atoms with Gasteiger partial charge in [0, 0.05) is 67.9 Å². The molecule has 0 radical (unpaired) electrons. The molecule has 64 heavy (non-hydrogen) atoms. The summed E-state index contributed by atoms with van der Waals surface area (Å²) in [5, 5.41) is 28.4. The Bertz CT molecular complexity index is 2370.